The molecule has 0 amide bonds. The van der Waals surface area contributed by atoms with Gasteiger partial charge in [0.1, 0.15) is 0 Å². The van der Waals surface area contributed by atoms with E-state index >= 15 is 0 Å². The van der Waals surface area contributed by atoms with Crippen molar-refractivity contribution in [2.45, 2.75) is 12.5 Å². The third-order valence-corrected chi connectivity index (χ3v) is 2.06. The van der Waals surface area contributed by atoms with Gasteiger partial charge in [-0.15, -0.1) is 10.2 Å². The highest BCUT2D eigenvalue weighted by atomic mass is 35.5. The second kappa shape index (κ2) is 6.41. The number of nitrogens with two attached hydrogens (primary N) is 1. The number of anilines is 2. The topological polar surface area (TPSA) is 106 Å². The Morgan fingerprint density at radius 2 is 2.31 bits per heavy atom. The molecule has 1 aromatic rings. The number of methoxy groups -OCH3 is 1. The number of aromatic nitrogens is 3. The molecular formula is C8H14ClN5O2. The first-order chi connectivity index (χ1) is 7.63. The van der Waals surface area contributed by atoms with Crippen molar-refractivity contribution >= 4 is 23.4 Å². The molecule has 1 rings (SSSR count). The molecule has 7 nitrogen and oxygen atoms in total. The SMILES string of the molecule is COCC(O)CCNc1nnc(Cl)c(N)n1. The number of rotatable bonds is 6. The highest BCUT2D eigenvalue weighted by Gasteiger charge is 2.05. The lowest BCUT2D eigenvalue weighted by Gasteiger charge is -2.09. The first-order valence-corrected chi connectivity index (χ1v) is 5.08. The van der Waals surface area contributed by atoms with E-state index in [1.807, 2.05) is 0 Å². The quantitative estimate of drug-likeness (QED) is 0.645. The second-order valence-electron chi connectivity index (χ2n) is 3.14. The maximum Gasteiger partial charge on any atom is 0.244 e. The number of ether oxygens (including phenoxy) is 1. The van der Waals surface area contributed by atoms with E-state index < -0.39 is 6.10 Å². The number of aliphatic hydroxyl groups excluding tert-OH is 1. The Hall–Kier alpha value is -1.18. The minimum atomic E-state index is -0.518. The minimum Gasteiger partial charge on any atom is -0.391 e. The molecule has 4 N–H and O–H groups in total. The molecule has 0 aliphatic carbocycles. The van der Waals surface area contributed by atoms with Crippen molar-refractivity contribution in [2.75, 3.05) is 31.3 Å². The lowest BCUT2D eigenvalue weighted by molar-refractivity contribution is 0.0615. The van der Waals surface area contributed by atoms with Gasteiger partial charge < -0.3 is 20.9 Å². The van der Waals surface area contributed by atoms with Crippen LogP contribution in [0, 0.1) is 0 Å². The van der Waals surface area contributed by atoms with Crippen molar-refractivity contribution < 1.29 is 9.84 Å². The summed E-state index contributed by atoms with van der Waals surface area (Å²) in [5.74, 6) is 0.406. The van der Waals surface area contributed by atoms with Crippen LogP contribution in [-0.4, -0.2) is 46.7 Å². The third kappa shape index (κ3) is 4.13. The summed E-state index contributed by atoms with van der Waals surface area (Å²) in [6, 6.07) is 0. The summed E-state index contributed by atoms with van der Waals surface area (Å²) in [7, 11) is 1.53. The summed E-state index contributed by atoms with van der Waals surface area (Å²) >= 11 is 5.56. The molecule has 1 unspecified atom stereocenters. The second-order valence-corrected chi connectivity index (χ2v) is 3.49. The van der Waals surface area contributed by atoms with Crippen LogP contribution in [-0.2, 0) is 4.74 Å². The Labute approximate surface area is 98.0 Å². The summed E-state index contributed by atoms with van der Waals surface area (Å²) < 4.78 is 4.78. The van der Waals surface area contributed by atoms with Gasteiger partial charge >= 0.3 is 0 Å². The predicted octanol–water partition coefficient (Wildman–Crippen LogP) is -0.0835. The highest BCUT2D eigenvalue weighted by molar-refractivity contribution is 6.31. The Bertz CT molecular complexity index is 338. The monoisotopic (exact) mass is 247 g/mol. The maximum atomic E-state index is 9.36. The molecule has 16 heavy (non-hydrogen) atoms. The van der Waals surface area contributed by atoms with Crippen LogP contribution in [0.4, 0.5) is 11.8 Å². The van der Waals surface area contributed by atoms with Crippen molar-refractivity contribution in [3.63, 3.8) is 0 Å². The minimum absolute atomic E-state index is 0.0740. The summed E-state index contributed by atoms with van der Waals surface area (Å²) in [5.41, 5.74) is 5.44. The lowest BCUT2D eigenvalue weighted by atomic mass is 10.3. The zero-order valence-electron chi connectivity index (χ0n) is 8.85. The molecule has 0 saturated heterocycles. The van der Waals surface area contributed by atoms with Crippen LogP contribution in [0.5, 0.6) is 0 Å². The Kier molecular flexibility index (Phi) is 5.17. The molecule has 0 spiro atoms. The molecule has 0 aromatic carbocycles. The number of nitrogen functional groups attached to an aromatic ring is 1. The van der Waals surface area contributed by atoms with Crippen LogP contribution in [0.25, 0.3) is 0 Å². The highest BCUT2D eigenvalue weighted by Crippen LogP contribution is 2.11. The molecule has 90 valence electrons. The van der Waals surface area contributed by atoms with Gasteiger partial charge in [-0.05, 0) is 6.42 Å². The van der Waals surface area contributed by atoms with Gasteiger partial charge in [0, 0.05) is 13.7 Å². The van der Waals surface area contributed by atoms with Crippen molar-refractivity contribution in [2.24, 2.45) is 0 Å². The molecule has 0 aliphatic heterocycles. The molecule has 0 radical (unpaired) electrons. The van der Waals surface area contributed by atoms with E-state index in [2.05, 4.69) is 20.5 Å². The van der Waals surface area contributed by atoms with E-state index in [1.54, 1.807) is 0 Å². The van der Waals surface area contributed by atoms with Gasteiger partial charge in [-0.25, -0.2) is 0 Å². The fourth-order valence-electron chi connectivity index (χ4n) is 1.03. The predicted molar refractivity (Wildman–Crippen MR) is 60.2 cm³/mol. The average molecular weight is 248 g/mol. The normalized spacial score (nSPS) is 12.4. The van der Waals surface area contributed by atoms with Crippen LogP contribution in [0.15, 0.2) is 0 Å². The zero-order valence-corrected chi connectivity index (χ0v) is 9.61. The van der Waals surface area contributed by atoms with E-state index in [4.69, 9.17) is 22.1 Å². The van der Waals surface area contributed by atoms with Crippen LogP contribution < -0.4 is 11.1 Å². The van der Waals surface area contributed by atoms with Crippen LogP contribution in [0.1, 0.15) is 6.42 Å². The lowest BCUT2D eigenvalue weighted by Crippen LogP contribution is -2.19. The van der Waals surface area contributed by atoms with E-state index in [0.29, 0.717) is 19.6 Å². The van der Waals surface area contributed by atoms with Gasteiger partial charge in [0.25, 0.3) is 0 Å². The molecule has 0 saturated carbocycles. The summed E-state index contributed by atoms with van der Waals surface area (Å²) in [6.07, 6.45) is -0.00480. The van der Waals surface area contributed by atoms with Crippen LogP contribution in [0.3, 0.4) is 0 Å². The van der Waals surface area contributed by atoms with Gasteiger partial charge in [-0.3, -0.25) is 0 Å². The fourth-order valence-corrected chi connectivity index (χ4v) is 1.11. The number of nitrogens with one attached hydrogen (secondary N) is 1. The molecule has 0 fully saturated rings. The molecule has 0 bridgehead atoms. The van der Waals surface area contributed by atoms with Gasteiger partial charge in [0.2, 0.25) is 5.95 Å². The van der Waals surface area contributed by atoms with Crippen molar-refractivity contribution in [3.05, 3.63) is 5.15 Å². The molecule has 0 aliphatic rings. The number of halogens is 1. The fraction of sp³-hybridized carbons (Fsp3) is 0.625. The average Bonchev–Trinajstić information content (AvgIpc) is 2.24. The Balaban J connectivity index is 2.34. The Morgan fingerprint density at radius 3 is 2.94 bits per heavy atom. The zero-order chi connectivity index (χ0) is 12.0. The smallest absolute Gasteiger partial charge is 0.244 e. The third-order valence-electron chi connectivity index (χ3n) is 1.79. The van der Waals surface area contributed by atoms with E-state index in [-0.39, 0.29) is 16.9 Å². The van der Waals surface area contributed by atoms with Gasteiger partial charge in [0.15, 0.2) is 11.0 Å². The van der Waals surface area contributed by atoms with E-state index in [0.717, 1.165) is 0 Å². The first kappa shape index (κ1) is 12.9. The molecule has 1 atom stereocenters. The first-order valence-electron chi connectivity index (χ1n) is 4.70. The van der Waals surface area contributed by atoms with Gasteiger partial charge in [0.05, 0.1) is 12.7 Å². The summed E-state index contributed by atoms with van der Waals surface area (Å²) in [6.45, 7) is 0.789. The maximum absolute atomic E-state index is 9.36. The molecule has 8 heteroatoms. The number of nitrogens with zero attached hydrogens (tertiary/aromatic N) is 3. The number of hydrogen-bond acceptors (Lipinski definition) is 7. The molecule has 1 aromatic heterocycles. The van der Waals surface area contributed by atoms with Gasteiger partial charge in [-0.1, -0.05) is 11.6 Å². The van der Waals surface area contributed by atoms with Crippen LogP contribution in [0.2, 0.25) is 5.15 Å². The van der Waals surface area contributed by atoms with Gasteiger partial charge in [-0.2, -0.15) is 4.98 Å². The Morgan fingerprint density at radius 1 is 1.56 bits per heavy atom. The molecule has 1 heterocycles. The van der Waals surface area contributed by atoms with E-state index in [1.165, 1.54) is 7.11 Å². The van der Waals surface area contributed by atoms with Crippen LogP contribution >= 0.6 is 11.6 Å². The number of hydrogen-bond donors (Lipinski definition) is 3. The van der Waals surface area contributed by atoms with E-state index in [9.17, 15) is 5.11 Å². The summed E-state index contributed by atoms with van der Waals surface area (Å²) in [4.78, 5) is 3.86. The van der Waals surface area contributed by atoms with Crippen molar-refractivity contribution in [1.29, 1.82) is 0 Å². The summed E-state index contributed by atoms with van der Waals surface area (Å²) in [5, 5.41) is 19.6. The van der Waals surface area contributed by atoms with Crippen molar-refractivity contribution in [3.8, 4) is 0 Å². The largest absolute Gasteiger partial charge is 0.391 e. The standard InChI is InChI=1S/C8H14ClN5O2/c1-16-4-5(15)2-3-11-8-12-7(10)6(9)13-14-8/h5,15H,2-4H2,1H3,(H3,10,11,12,14). The van der Waals surface area contributed by atoms with Crippen molar-refractivity contribution in [1.82, 2.24) is 15.2 Å². The molecular weight excluding hydrogens is 234 g/mol. The number of aliphatic hydroxyl groups is 1.